The number of likely N-dealkylation sites (N-methyl/N-ethyl adjacent to an activating group) is 1. The molecule has 2 aliphatic rings. The summed E-state index contributed by atoms with van der Waals surface area (Å²) in [4.78, 5) is 15.6. The van der Waals surface area contributed by atoms with Gasteiger partial charge in [-0.25, -0.2) is 0 Å². The smallest absolute Gasteiger partial charge is 0.236 e. The van der Waals surface area contributed by atoms with Crippen molar-refractivity contribution in [2.75, 3.05) is 26.7 Å². The quantitative estimate of drug-likeness (QED) is 0.675. The molecule has 80 valence electrons. The Kier molecular flexibility index (Phi) is 2.74. The highest BCUT2D eigenvalue weighted by Gasteiger charge is 2.31. The number of nitrogens with zero attached hydrogens (tertiary/aromatic N) is 2. The van der Waals surface area contributed by atoms with Gasteiger partial charge >= 0.3 is 0 Å². The topological polar surface area (TPSA) is 43.8 Å². The van der Waals surface area contributed by atoms with E-state index in [0.29, 0.717) is 19.1 Å². The molecule has 4 heteroatoms. The molecule has 1 N–H and O–H groups in total. The van der Waals surface area contributed by atoms with Crippen molar-refractivity contribution in [2.45, 2.75) is 31.4 Å². The second-order valence-electron chi connectivity index (χ2n) is 4.41. The second kappa shape index (κ2) is 3.87. The summed E-state index contributed by atoms with van der Waals surface area (Å²) in [6, 6.07) is 0.495. The Morgan fingerprint density at radius 2 is 2.21 bits per heavy atom. The van der Waals surface area contributed by atoms with Crippen LogP contribution in [0.2, 0.25) is 0 Å². The van der Waals surface area contributed by atoms with Crippen LogP contribution >= 0.6 is 0 Å². The van der Waals surface area contributed by atoms with E-state index < -0.39 is 0 Å². The zero-order valence-corrected chi connectivity index (χ0v) is 8.65. The maximum absolute atomic E-state index is 11.7. The fourth-order valence-electron chi connectivity index (χ4n) is 1.92. The summed E-state index contributed by atoms with van der Waals surface area (Å²) >= 11 is 0. The molecule has 0 aromatic heterocycles. The van der Waals surface area contributed by atoms with Crippen LogP contribution in [0.3, 0.4) is 0 Å². The lowest BCUT2D eigenvalue weighted by molar-refractivity contribution is -0.131. The zero-order valence-electron chi connectivity index (χ0n) is 8.65. The summed E-state index contributed by atoms with van der Waals surface area (Å²) in [5, 5.41) is 9.31. The summed E-state index contributed by atoms with van der Waals surface area (Å²) in [5.41, 5.74) is 0. The number of likely N-dealkylation sites (tertiary alicyclic amines) is 1. The van der Waals surface area contributed by atoms with Gasteiger partial charge in [0, 0.05) is 26.2 Å². The Labute approximate surface area is 84.5 Å². The third kappa shape index (κ3) is 2.25. The van der Waals surface area contributed by atoms with Gasteiger partial charge in [0.05, 0.1) is 12.6 Å². The van der Waals surface area contributed by atoms with E-state index in [1.165, 1.54) is 0 Å². The zero-order chi connectivity index (χ0) is 10.1. The summed E-state index contributed by atoms with van der Waals surface area (Å²) in [5.74, 6) is 0.196. The predicted octanol–water partition coefficient (Wildman–Crippen LogP) is -0.326. The first-order chi connectivity index (χ1) is 6.66. The molecule has 4 nitrogen and oxygen atoms in total. The lowest BCUT2D eigenvalue weighted by Crippen LogP contribution is -2.38. The molecule has 1 amide bonds. The van der Waals surface area contributed by atoms with Gasteiger partial charge in [-0.2, -0.15) is 0 Å². The predicted molar refractivity (Wildman–Crippen MR) is 52.9 cm³/mol. The van der Waals surface area contributed by atoms with E-state index in [1.807, 2.05) is 16.8 Å². The SMILES string of the molecule is CN(C(=O)CN1CC[C@@H](O)C1)C1CC1. The first kappa shape index (κ1) is 9.93. The maximum Gasteiger partial charge on any atom is 0.236 e. The fourth-order valence-corrected chi connectivity index (χ4v) is 1.92. The van der Waals surface area contributed by atoms with E-state index in [2.05, 4.69) is 0 Å². The van der Waals surface area contributed by atoms with Crippen LogP contribution in [-0.2, 0) is 4.79 Å². The first-order valence-corrected chi connectivity index (χ1v) is 5.33. The Bertz CT molecular complexity index is 228. The Morgan fingerprint density at radius 1 is 1.50 bits per heavy atom. The molecule has 0 bridgehead atoms. The largest absolute Gasteiger partial charge is 0.392 e. The summed E-state index contributed by atoms with van der Waals surface area (Å²) in [6.07, 6.45) is 2.89. The average molecular weight is 198 g/mol. The number of aliphatic hydroxyl groups excluding tert-OH is 1. The number of hydrogen-bond donors (Lipinski definition) is 1. The van der Waals surface area contributed by atoms with E-state index in [4.69, 9.17) is 0 Å². The number of carbonyl (C=O) groups excluding carboxylic acids is 1. The number of rotatable bonds is 3. The monoisotopic (exact) mass is 198 g/mol. The second-order valence-corrected chi connectivity index (χ2v) is 4.41. The molecule has 1 saturated heterocycles. The molecule has 1 heterocycles. The van der Waals surface area contributed by atoms with Crippen molar-refractivity contribution in [1.29, 1.82) is 0 Å². The van der Waals surface area contributed by atoms with Crippen LogP contribution in [0.15, 0.2) is 0 Å². The van der Waals surface area contributed by atoms with Crippen molar-refractivity contribution in [3.63, 3.8) is 0 Å². The lowest BCUT2D eigenvalue weighted by atomic mass is 10.3. The number of amides is 1. The van der Waals surface area contributed by atoms with Crippen LogP contribution in [0.4, 0.5) is 0 Å². The lowest BCUT2D eigenvalue weighted by Gasteiger charge is -2.20. The van der Waals surface area contributed by atoms with Crippen molar-refractivity contribution in [1.82, 2.24) is 9.80 Å². The van der Waals surface area contributed by atoms with Crippen LogP contribution in [-0.4, -0.2) is 59.6 Å². The van der Waals surface area contributed by atoms with E-state index >= 15 is 0 Å². The molecule has 2 rings (SSSR count). The third-order valence-corrected chi connectivity index (χ3v) is 3.09. The van der Waals surface area contributed by atoms with Crippen LogP contribution in [0.25, 0.3) is 0 Å². The standard InChI is InChI=1S/C10H18N2O2/c1-11(8-2-3-8)10(14)7-12-5-4-9(13)6-12/h8-9,13H,2-7H2,1H3/t9-/m1/s1. The molecule has 1 atom stereocenters. The van der Waals surface area contributed by atoms with Gasteiger partial charge in [-0.15, -0.1) is 0 Å². The van der Waals surface area contributed by atoms with E-state index in [9.17, 15) is 9.90 Å². The molecule has 0 aromatic rings. The van der Waals surface area contributed by atoms with Crippen LogP contribution in [0.5, 0.6) is 0 Å². The van der Waals surface area contributed by atoms with E-state index in [1.54, 1.807) is 0 Å². The molecule has 0 spiro atoms. The highest BCUT2D eigenvalue weighted by Crippen LogP contribution is 2.25. The third-order valence-electron chi connectivity index (χ3n) is 3.09. The van der Waals surface area contributed by atoms with E-state index in [-0.39, 0.29) is 12.0 Å². The van der Waals surface area contributed by atoms with Crippen LogP contribution < -0.4 is 0 Å². The molecule has 0 radical (unpaired) electrons. The van der Waals surface area contributed by atoms with Gasteiger partial charge in [0.25, 0.3) is 0 Å². The van der Waals surface area contributed by atoms with Gasteiger partial charge in [-0.05, 0) is 19.3 Å². The van der Waals surface area contributed by atoms with Crippen molar-refractivity contribution in [3.05, 3.63) is 0 Å². The van der Waals surface area contributed by atoms with E-state index in [0.717, 1.165) is 25.8 Å². The number of aliphatic hydroxyl groups is 1. The summed E-state index contributed by atoms with van der Waals surface area (Å²) < 4.78 is 0. The van der Waals surface area contributed by atoms with Gasteiger partial charge < -0.3 is 10.0 Å². The first-order valence-electron chi connectivity index (χ1n) is 5.33. The molecular formula is C10H18N2O2. The van der Waals surface area contributed by atoms with Crippen molar-refractivity contribution < 1.29 is 9.90 Å². The molecule has 1 saturated carbocycles. The molecule has 0 aromatic carbocycles. The normalized spacial score (nSPS) is 28.0. The molecule has 1 aliphatic heterocycles. The van der Waals surface area contributed by atoms with Gasteiger partial charge in [0.15, 0.2) is 0 Å². The Morgan fingerprint density at radius 3 is 2.71 bits per heavy atom. The Hall–Kier alpha value is -0.610. The molecule has 14 heavy (non-hydrogen) atoms. The molecule has 1 aliphatic carbocycles. The van der Waals surface area contributed by atoms with Gasteiger partial charge in [0.1, 0.15) is 0 Å². The fraction of sp³-hybridized carbons (Fsp3) is 0.900. The highest BCUT2D eigenvalue weighted by atomic mass is 16.3. The van der Waals surface area contributed by atoms with Gasteiger partial charge in [-0.3, -0.25) is 9.69 Å². The summed E-state index contributed by atoms with van der Waals surface area (Å²) in [7, 11) is 1.88. The maximum atomic E-state index is 11.7. The average Bonchev–Trinajstić information content (AvgIpc) is 2.91. The minimum Gasteiger partial charge on any atom is -0.392 e. The van der Waals surface area contributed by atoms with Gasteiger partial charge in [0.2, 0.25) is 5.91 Å². The van der Waals surface area contributed by atoms with Crippen molar-refractivity contribution in [3.8, 4) is 0 Å². The summed E-state index contributed by atoms with van der Waals surface area (Å²) in [6.45, 7) is 1.99. The van der Waals surface area contributed by atoms with Crippen molar-refractivity contribution in [2.24, 2.45) is 0 Å². The number of β-amino-alcohol motifs (C(OH)–C–C–N with tert-alkyl or cyclic N) is 1. The number of carbonyl (C=O) groups is 1. The molecule has 2 fully saturated rings. The molecular weight excluding hydrogens is 180 g/mol. The highest BCUT2D eigenvalue weighted by molar-refractivity contribution is 5.78. The van der Waals surface area contributed by atoms with Crippen LogP contribution in [0.1, 0.15) is 19.3 Å². The minimum atomic E-state index is -0.228. The van der Waals surface area contributed by atoms with Crippen LogP contribution in [0, 0.1) is 0 Å². The Balaban J connectivity index is 1.76. The van der Waals surface area contributed by atoms with Crippen molar-refractivity contribution >= 4 is 5.91 Å². The number of hydrogen-bond acceptors (Lipinski definition) is 3. The van der Waals surface area contributed by atoms with Gasteiger partial charge in [-0.1, -0.05) is 0 Å². The minimum absolute atomic E-state index is 0.196. The molecule has 0 unspecified atom stereocenters.